The van der Waals surface area contributed by atoms with Crippen molar-refractivity contribution in [3.8, 4) is 5.75 Å². The summed E-state index contributed by atoms with van der Waals surface area (Å²) in [5, 5.41) is 1.42. The molecule has 1 saturated heterocycles. The van der Waals surface area contributed by atoms with Crippen LogP contribution in [0.15, 0.2) is 35.3 Å². The summed E-state index contributed by atoms with van der Waals surface area (Å²) in [6, 6.07) is 2.87. The fourth-order valence-electron chi connectivity index (χ4n) is 3.26. The number of hydrogen-bond donors (Lipinski definition) is 1. The first kappa shape index (κ1) is 26.8. The predicted molar refractivity (Wildman–Crippen MR) is 114 cm³/mol. The minimum atomic E-state index is -4.84. The van der Waals surface area contributed by atoms with Gasteiger partial charge < -0.3 is 19.4 Å². The van der Waals surface area contributed by atoms with Gasteiger partial charge in [0, 0.05) is 25.8 Å². The average molecular weight is 528 g/mol. The van der Waals surface area contributed by atoms with E-state index in [0.717, 1.165) is 12.1 Å². The Balaban J connectivity index is 1.78. The molecule has 1 N–H and O–H groups in total. The van der Waals surface area contributed by atoms with Crippen LogP contribution < -0.4 is 15.6 Å². The molecule has 0 radical (unpaired) electrons. The molecule has 0 saturated carbocycles. The number of rotatable bonds is 7. The predicted octanol–water partition coefficient (Wildman–Crippen LogP) is 3.89. The molecule has 1 fully saturated rings. The van der Waals surface area contributed by atoms with Gasteiger partial charge in [0.2, 0.25) is 5.91 Å². The molecule has 1 aromatic carbocycles. The maximum atomic E-state index is 13.2. The van der Waals surface area contributed by atoms with Crippen LogP contribution in [-0.2, 0) is 28.4 Å². The standard InChI is InChI=1S/C21H20ClF6N3O4/c22-15-9-14(21(26,27)28)11-31(19(15)33)12-18(32)29-16-10-13(20(23,24)25)1-2-17(16)35-8-5-30-3-6-34-7-4-30/h1-2,9-11H,3-8,12H2,(H,29,32). The number of anilines is 1. The smallest absolute Gasteiger partial charge is 0.417 e. The van der Waals surface area contributed by atoms with Crippen molar-refractivity contribution in [2.45, 2.75) is 18.9 Å². The Hall–Kier alpha value is -2.77. The first-order valence-electron chi connectivity index (χ1n) is 10.3. The van der Waals surface area contributed by atoms with E-state index in [9.17, 15) is 35.9 Å². The van der Waals surface area contributed by atoms with Crippen molar-refractivity contribution < 1.29 is 40.6 Å². The molecular weight excluding hydrogens is 508 g/mol. The number of ether oxygens (including phenoxy) is 2. The number of halogens is 7. The highest BCUT2D eigenvalue weighted by Gasteiger charge is 2.33. The van der Waals surface area contributed by atoms with Crippen LogP contribution in [0, 0.1) is 0 Å². The van der Waals surface area contributed by atoms with E-state index in [-0.39, 0.29) is 18.0 Å². The van der Waals surface area contributed by atoms with Crippen LogP contribution in [-0.4, -0.2) is 54.8 Å². The second-order valence-electron chi connectivity index (χ2n) is 7.57. The van der Waals surface area contributed by atoms with Crippen molar-refractivity contribution in [1.29, 1.82) is 0 Å². The van der Waals surface area contributed by atoms with Crippen molar-refractivity contribution in [2.75, 3.05) is 44.8 Å². The van der Waals surface area contributed by atoms with Crippen LogP contribution in [0.1, 0.15) is 11.1 Å². The van der Waals surface area contributed by atoms with E-state index in [1.807, 2.05) is 4.90 Å². The largest absolute Gasteiger partial charge is 0.490 e. The van der Waals surface area contributed by atoms with Crippen LogP contribution >= 0.6 is 11.6 Å². The van der Waals surface area contributed by atoms with E-state index in [0.29, 0.717) is 55.7 Å². The van der Waals surface area contributed by atoms with Crippen LogP contribution in [0.2, 0.25) is 5.02 Å². The number of benzene rings is 1. The SMILES string of the molecule is O=C(Cn1cc(C(F)(F)F)cc(Cl)c1=O)Nc1cc(C(F)(F)F)ccc1OCCN1CCOCC1. The fourth-order valence-corrected chi connectivity index (χ4v) is 3.48. The van der Waals surface area contributed by atoms with Gasteiger partial charge in [-0.3, -0.25) is 14.5 Å². The molecule has 1 aliphatic rings. The molecule has 0 aliphatic carbocycles. The molecule has 0 spiro atoms. The van der Waals surface area contributed by atoms with Gasteiger partial charge in [-0.25, -0.2) is 0 Å². The lowest BCUT2D eigenvalue weighted by Crippen LogP contribution is -2.38. The first-order chi connectivity index (χ1) is 16.3. The summed E-state index contributed by atoms with van der Waals surface area (Å²) in [5.41, 5.74) is -3.76. The van der Waals surface area contributed by atoms with Crippen molar-refractivity contribution in [1.82, 2.24) is 9.47 Å². The van der Waals surface area contributed by atoms with Gasteiger partial charge in [-0.15, -0.1) is 0 Å². The van der Waals surface area contributed by atoms with Gasteiger partial charge in [-0.1, -0.05) is 11.6 Å². The topological polar surface area (TPSA) is 72.8 Å². The summed E-state index contributed by atoms with van der Waals surface area (Å²) >= 11 is 5.56. The minimum absolute atomic E-state index is 0.0750. The number of alkyl halides is 6. The molecule has 2 aromatic rings. The molecule has 0 atom stereocenters. The second-order valence-corrected chi connectivity index (χ2v) is 7.97. The van der Waals surface area contributed by atoms with Crippen LogP contribution in [0.5, 0.6) is 5.75 Å². The summed E-state index contributed by atoms with van der Waals surface area (Å²) in [5.74, 6) is -1.13. The highest BCUT2D eigenvalue weighted by atomic mass is 35.5. The zero-order chi connectivity index (χ0) is 25.8. The molecule has 0 unspecified atom stereocenters. The number of pyridine rings is 1. The normalized spacial score (nSPS) is 15.2. The van der Waals surface area contributed by atoms with Crippen LogP contribution in [0.25, 0.3) is 0 Å². The maximum Gasteiger partial charge on any atom is 0.417 e. The molecular formula is C21H20ClF6N3O4. The van der Waals surface area contributed by atoms with Crippen molar-refractivity contribution in [2.24, 2.45) is 0 Å². The summed E-state index contributed by atoms with van der Waals surface area (Å²) in [6.07, 6.45) is -9.16. The second kappa shape index (κ2) is 10.9. The average Bonchev–Trinajstić information content (AvgIpc) is 2.77. The Labute approximate surface area is 200 Å². The number of carbonyl (C=O) groups excluding carboxylic acids is 1. The summed E-state index contributed by atoms with van der Waals surface area (Å²) < 4.78 is 89.9. The zero-order valence-electron chi connectivity index (χ0n) is 18.0. The van der Waals surface area contributed by atoms with Gasteiger partial charge in [-0.05, 0) is 24.3 Å². The Kier molecular flexibility index (Phi) is 8.34. The highest BCUT2D eigenvalue weighted by molar-refractivity contribution is 6.30. The van der Waals surface area contributed by atoms with E-state index in [1.54, 1.807) is 0 Å². The third kappa shape index (κ3) is 7.36. The van der Waals surface area contributed by atoms with Gasteiger partial charge >= 0.3 is 12.4 Å². The lowest BCUT2D eigenvalue weighted by molar-refractivity contribution is -0.138. The Morgan fingerprint density at radius 1 is 1.06 bits per heavy atom. The number of nitrogens with one attached hydrogen (secondary N) is 1. The summed E-state index contributed by atoms with van der Waals surface area (Å²) in [4.78, 5) is 26.6. The molecule has 192 valence electrons. The molecule has 3 rings (SSSR count). The van der Waals surface area contributed by atoms with E-state index >= 15 is 0 Å². The van der Waals surface area contributed by atoms with Gasteiger partial charge in [0.1, 0.15) is 23.9 Å². The van der Waals surface area contributed by atoms with Gasteiger partial charge in [0.25, 0.3) is 5.56 Å². The molecule has 2 heterocycles. The van der Waals surface area contributed by atoms with Gasteiger partial charge in [0.05, 0.1) is 30.0 Å². The third-order valence-electron chi connectivity index (χ3n) is 5.03. The molecule has 7 nitrogen and oxygen atoms in total. The molecule has 14 heteroatoms. The van der Waals surface area contributed by atoms with Crippen molar-refractivity contribution >= 4 is 23.2 Å². The van der Waals surface area contributed by atoms with E-state index in [4.69, 9.17) is 21.1 Å². The molecule has 1 aromatic heterocycles. The number of hydrogen-bond acceptors (Lipinski definition) is 5. The lowest BCUT2D eigenvalue weighted by atomic mass is 10.1. The van der Waals surface area contributed by atoms with E-state index in [1.165, 1.54) is 0 Å². The monoisotopic (exact) mass is 527 g/mol. The molecule has 1 aliphatic heterocycles. The Bertz CT molecular complexity index is 1110. The van der Waals surface area contributed by atoms with Crippen LogP contribution in [0.3, 0.4) is 0 Å². The number of morpholine rings is 1. The Morgan fingerprint density at radius 2 is 1.71 bits per heavy atom. The Morgan fingerprint density at radius 3 is 2.34 bits per heavy atom. The van der Waals surface area contributed by atoms with Gasteiger partial charge in [0.15, 0.2) is 0 Å². The maximum absolute atomic E-state index is 13.2. The highest BCUT2D eigenvalue weighted by Crippen LogP contribution is 2.35. The quantitative estimate of drug-likeness (QED) is 0.553. The van der Waals surface area contributed by atoms with Crippen molar-refractivity contribution in [3.05, 3.63) is 57.0 Å². The molecule has 0 bridgehead atoms. The van der Waals surface area contributed by atoms with E-state index < -0.39 is 46.5 Å². The third-order valence-corrected chi connectivity index (χ3v) is 5.30. The summed E-state index contributed by atoms with van der Waals surface area (Å²) in [7, 11) is 0. The number of nitrogens with zero attached hydrogens (tertiary/aromatic N) is 2. The zero-order valence-corrected chi connectivity index (χ0v) is 18.8. The molecule has 1 amide bonds. The van der Waals surface area contributed by atoms with E-state index in [2.05, 4.69) is 5.32 Å². The lowest BCUT2D eigenvalue weighted by Gasteiger charge is -2.26. The minimum Gasteiger partial charge on any atom is -0.490 e. The fraction of sp³-hybridized carbons (Fsp3) is 0.429. The number of carbonyl (C=O) groups is 1. The van der Waals surface area contributed by atoms with Gasteiger partial charge in [-0.2, -0.15) is 26.3 Å². The number of aromatic nitrogens is 1. The number of amides is 1. The molecule has 35 heavy (non-hydrogen) atoms. The van der Waals surface area contributed by atoms with Crippen LogP contribution in [0.4, 0.5) is 32.0 Å². The van der Waals surface area contributed by atoms with Crippen molar-refractivity contribution in [3.63, 3.8) is 0 Å². The summed E-state index contributed by atoms with van der Waals surface area (Å²) in [6.45, 7) is 2.03. The first-order valence-corrected chi connectivity index (χ1v) is 10.6.